The van der Waals surface area contributed by atoms with Crippen molar-refractivity contribution in [3.63, 3.8) is 0 Å². The maximum atomic E-state index is 11.1. The van der Waals surface area contributed by atoms with E-state index < -0.39 is 12.3 Å². The molecule has 0 radical (unpaired) electrons. The smallest absolute Gasteiger partial charge is 0.336 e. The lowest BCUT2D eigenvalue weighted by molar-refractivity contribution is -0.156. The third kappa shape index (κ3) is 3.85. The molecular formula is C12H14O3. The minimum atomic E-state index is -0.614. The SMILES string of the molecule is C=C(C)C(=O)OC(C)Oc1ccccc1. The molecule has 3 nitrogen and oxygen atoms in total. The van der Waals surface area contributed by atoms with Crippen LogP contribution in [0.15, 0.2) is 42.5 Å². The lowest BCUT2D eigenvalue weighted by atomic mass is 10.3. The number of hydrogen-bond donors (Lipinski definition) is 0. The summed E-state index contributed by atoms with van der Waals surface area (Å²) >= 11 is 0. The molecule has 15 heavy (non-hydrogen) atoms. The molecule has 1 rings (SSSR count). The minimum Gasteiger partial charge on any atom is -0.455 e. The van der Waals surface area contributed by atoms with Crippen LogP contribution in [0.2, 0.25) is 0 Å². The molecule has 0 bridgehead atoms. The summed E-state index contributed by atoms with van der Waals surface area (Å²) in [5.74, 6) is 0.220. The molecule has 0 saturated heterocycles. The largest absolute Gasteiger partial charge is 0.455 e. The highest BCUT2D eigenvalue weighted by molar-refractivity contribution is 5.86. The molecule has 1 aromatic rings. The van der Waals surface area contributed by atoms with Crippen LogP contribution in [-0.2, 0) is 9.53 Å². The van der Waals surface area contributed by atoms with Gasteiger partial charge in [0.15, 0.2) is 0 Å². The van der Waals surface area contributed by atoms with Gasteiger partial charge in [0.2, 0.25) is 6.29 Å². The van der Waals surface area contributed by atoms with Crippen molar-refractivity contribution in [2.45, 2.75) is 20.1 Å². The van der Waals surface area contributed by atoms with E-state index in [9.17, 15) is 4.79 Å². The van der Waals surface area contributed by atoms with Crippen molar-refractivity contribution >= 4 is 5.97 Å². The quantitative estimate of drug-likeness (QED) is 0.431. The van der Waals surface area contributed by atoms with E-state index in [1.807, 2.05) is 18.2 Å². The van der Waals surface area contributed by atoms with Crippen LogP contribution in [0.25, 0.3) is 0 Å². The van der Waals surface area contributed by atoms with Gasteiger partial charge >= 0.3 is 5.97 Å². The van der Waals surface area contributed by atoms with Crippen LogP contribution >= 0.6 is 0 Å². The second-order valence-corrected chi connectivity index (χ2v) is 3.18. The van der Waals surface area contributed by atoms with Gasteiger partial charge in [-0.2, -0.15) is 0 Å². The average molecular weight is 206 g/mol. The fourth-order valence-corrected chi connectivity index (χ4v) is 0.966. The second kappa shape index (κ2) is 5.20. The minimum absolute atomic E-state index is 0.360. The summed E-state index contributed by atoms with van der Waals surface area (Å²) in [4.78, 5) is 11.1. The number of esters is 1. The van der Waals surface area contributed by atoms with Crippen molar-refractivity contribution in [3.8, 4) is 5.75 Å². The van der Waals surface area contributed by atoms with Crippen LogP contribution < -0.4 is 4.74 Å². The van der Waals surface area contributed by atoms with Gasteiger partial charge in [-0.25, -0.2) is 4.79 Å². The summed E-state index contributed by atoms with van der Waals surface area (Å²) in [6.07, 6.45) is -0.614. The molecule has 0 saturated carbocycles. The van der Waals surface area contributed by atoms with E-state index >= 15 is 0 Å². The fourth-order valence-electron chi connectivity index (χ4n) is 0.966. The highest BCUT2D eigenvalue weighted by atomic mass is 16.7. The van der Waals surface area contributed by atoms with E-state index in [1.165, 1.54) is 0 Å². The van der Waals surface area contributed by atoms with Crippen molar-refractivity contribution in [2.75, 3.05) is 0 Å². The van der Waals surface area contributed by atoms with Crippen LogP contribution in [0.4, 0.5) is 0 Å². The summed E-state index contributed by atoms with van der Waals surface area (Å²) in [6.45, 7) is 6.74. The molecule has 1 atom stereocenters. The Hall–Kier alpha value is -1.77. The molecular weight excluding hydrogens is 192 g/mol. The van der Waals surface area contributed by atoms with Crippen LogP contribution in [0.3, 0.4) is 0 Å². The average Bonchev–Trinajstić information content (AvgIpc) is 2.18. The summed E-state index contributed by atoms with van der Waals surface area (Å²) < 4.78 is 10.3. The van der Waals surface area contributed by atoms with Crippen LogP contribution in [0.1, 0.15) is 13.8 Å². The van der Waals surface area contributed by atoms with Crippen molar-refractivity contribution in [1.82, 2.24) is 0 Å². The molecule has 3 heteroatoms. The van der Waals surface area contributed by atoms with E-state index in [-0.39, 0.29) is 0 Å². The van der Waals surface area contributed by atoms with Gasteiger partial charge in [-0.3, -0.25) is 0 Å². The molecule has 0 aromatic heterocycles. The van der Waals surface area contributed by atoms with Gasteiger partial charge in [-0.15, -0.1) is 0 Å². The molecule has 80 valence electrons. The number of carbonyl (C=O) groups is 1. The summed E-state index contributed by atoms with van der Waals surface area (Å²) in [5.41, 5.74) is 0.360. The van der Waals surface area contributed by atoms with Crippen LogP contribution in [0, 0.1) is 0 Å². The normalized spacial score (nSPS) is 11.6. The fraction of sp³-hybridized carbons (Fsp3) is 0.250. The zero-order valence-corrected chi connectivity index (χ0v) is 8.90. The molecule has 1 aromatic carbocycles. The molecule has 0 aliphatic rings. The van der Waals surface area contributed by atoms with Gasteiger partial charge in [-0.1, -0.05) is 24.8 Å². The molecule has 0 spiro atoms. The number of benzene rings is 1. The van der Waals surface area contributed by atoms with E-state index in [0.717, 1.165) is 0 Å². The highest BCUT2D eigenvalue weighted by Crippen LogP contribution is 2.11. The van der Waals surface area contributed by atoms with E-state index in [4.69, 9.17) is 9.47 Å². The van der Waals surface area contributed by atoms with E-state index in [1.54, 1.807) is 26.0 Å². The lowest BCUT2D eigenvalue weighted by Crippen LogP contribution is -2.21. The second-order valence-electron chi connectivity index (χ2n) is 3.18. The summed E-state index contributed by atoms with van der Waals surface area (Å²) in [6, 6.07) is 9.18. The first-order chi connectivity index (χ1) is 7.09. The Morgan fingerprint density at radius 1 is 1.33 bits per heavy atom. The first kappa shape index (κ1) is 11.3. The Morgan fingerprint density at radius 3 is 2.47 bits per heavy atom. The maximum Gasteiger partial charge on any atom is 0.336 e. The van der Waals surface area contributed by atoms with E-state index in [2.05, 4.69) is 6.58 Å². The maximum absolute atomic E-state index is 11.1. The zero-order valence-electron chi connectivity index (χ0n) is 8.90. The molecule has 0 aliphatic carbocycles. The molecule has 0 heterocycles. The Labute approximate surface area is 89.3 Å². The number of hydrogen-bond acceptors (Lipinski definition) is 3. The monoisotopic (exact) mass is 206 g/mol. The molecule has 0 amide bonds. The Bertz CT molecular complexity index is 343. The van der Waals surface area contributed by atoms with Crippen molar-refractivity contribution in [3.05, 3.63) is 42.5 Å². The number of rotatable bonds is 4. The topological polar surface area (TPSA) is 35.5 Å². The van der Waals surface area contributed by atoms with Gasteiger partial charge in [0, 0.05) is 12.5 Å². The van der Waals surface area contributed by atoms with Crippen molar-refractivity contribution < 1.29 is 14.3 Å². The molecule has 0 N–H and O–H groups in total. The lowest BCUT2D eigenvalue weighted by Gasteiger charge is -2.14. The van der Waals surface area contributed by atoms with Gasteiger partial charge in [-0.05, 0) is 19.1 Å². The van der Waals surface area contributed by atoms with Crippen molar-refractivity contribution in [1.29, 1.82) is 0 Å². The number of para-hydroxylation sites is 1. The standard InChI is InChI=1S/C12H14O3/c1-9(2)12(13)15-10(3)14-11-7-5-4-6-8-11/h4-8,10H,1H2,2-3H3. The third-order valence-electron chi connectivity index (χ3n) is 1.67. The number of ether oxygens (including phenoxy) is 2. The first-order valence-corrected chi connectivity index (χ1v) is 4.68. The number of carbonyl (C=O) groups excluding carboxylic acids is 1. The van der Waals surface area contributed by atoms with Crippen molar-refractivity contribution in [2.24, 2.45) is 0 Å². The molecule has 0 aliphatic heterocycles. The van der Waals surface area contributed by atoms with Gasteiger partial charge < -0.3 is 9.47 Å². The molecule has 0 fully saturated rings. The van der Waals surface area contributed by atoms with Gasteiger partial charge in [0.25, 0.3) is 0 Å². The molecule has 1 unspecified atom stereocenters. The van der Waals surface area contributed by atoms with Gasteiger partial charge in [0.05, 0.1) is 0 Å². The predicted molar refractivity (Wildman–Crippen MR) is 57.4 cm³/mol. The van der Waals surface area contributed by atoms with Gasteiger partial charge in [0.1, 0.15) is 5.75 Å². The summed E-state index contributed by atoms with van der Waals surface area (Å²) in [7, 11) is 0. The Morgan fingerprint density at radius 2 is 1.93 bits per heavy atom. The summed E-state index contributed by atoms with van der Waals surface area (Å²) in [5, 5.41) is 0. The highest BCUT2D eigenvalue weighted by Gasteiger charge is 2.10. The van der Waals surface area contributed by atoms with Crippen LogP contribution in [0.5, 0.6) is 5.75 Å². The zero-order chi connectivity index (χ0) is 11.3. The predicted octanol–water partition coefficient (Wildman–Crippen LogP) is 2.53. The third-order valence-corrected chi connectivity index (χ3v) is 1.67. The Balaban J connectivity index is 2.46. The van der Waals surface area contributed by atoms with Crippen LogP contribution in [-0.4, -0.2) is 12.3 Å². The Kier molecular flexibility index (Phi) is 3.92. The first-order valence-electron chi connectivity index (χ1n) is 4.68. The van der Waals surface area contributed by atoms with E-state index in [0.29, 0.717) is 11.3 Å².